The molecule has 1 saturated carbocycles. The van der Waals surface area contributed by atoms with Crippen molar-refractivity contribution in [1.29, 1.82) is 5.26 Å². The number of aromatic nitrogens is 1. The topological polar surface area (TPSA) is 83.8 Å². The Kier molecular flexibility index (Phi) is 3.28. The van der Waals surface area contributed by atoms with Gasteiger partial charge in [-0.25, -0.2) is 0 Å². The van der Waals surface area contributed by atoms with Crippen molar-refractivity contribution in [3.8, 4) is 6.07 Å². The molecule has 0 spiro atoms. The van der Waals surface area contributed by atoms with Crippen LogP contribution in [0.15, 0.2) is 0 Å². The summed E-state index contributed by atoms with van der Waals surface area (Å²) in [6.45, 7) is 5.00. The lowest BCUT2D eigenvalue weighted by atomic mass is 10.2. The number of anilines is 1. The SMILES string of the molecule is Cc1c(C#N)c(N)n(CCNC(=O)C2CC2)c1C. The summed E-state index contributed by atoms with van der Waals surface area (Å²) >= 11 is 0. The summed E-state index contributed by atoms with van der Waals surface area (Å²) in [5.41, 5.74) is 8.39. The molecule has 5 heteroatoms. The first-order chi connectivity index (χ1) is 8.56. The molecule has 5 nitrogen and oxygen atoms in total. The fourth-order valence-electron chi connectivity index (χ4n) is 2.10. The van der Waals surface area contributed by atoms with Crippen molar-refractivity contribution in [2.45, 2.75) is 33.2 Å². The molecule has 0 aromatic carbocycles. The number of nitriles is 1. The van der Waals surface area contributed by atoms with Crippen LogP contribution in [0.2, 0.25) is 0 Å². The van der Waals surface area contributed by atoms with E-state index in [1.807, 2.05) is 18.4 Å². The first kappa shape index (κ1) is 12.5. The molecule has 1 aliphatic carbocycles. The van der Waals surface area contributed by atoms with E-state index in [2.05, 4.69) is 11.4 Å². The zero-order valence-corrected chi connectivity index (χ0v) is 10.8. The zero-order chi connectivity index (χ0) is 13.3. The maximum atomic E-state index is 11.5. The van der Waals surface area contributed by atoms with Crippen LogP contribution in [-0.4, -0.2) is 17.0 Å². The number of amides is 1. The molecule has 1 amide bonds. The molecule has 0 radical (unpaired) electrons. The fourth-order valence-corrected chi connectivity index (χ4v) is 2.10. The number of hydrogen-bond acceptors (Lipinski definition) is 3. The minimum absolute atomic E-state index is 0.135. The van der Waals surface area contributed by atoms with Crippen molar-refractivity contribution in [3.05, 3.63) is 16.8 Å². The average molecular weight is 246 g/mol. The van der Waals surface area contributed by atoms with Crippen molar-refractivity contribution in [1.82, 2.24) is 9.88 Å². The molecule has 1 aromatic rings. The van der Waals surface area contributed by atoms with E-state index in [1.54, 1.807) is 0 Å². The Morgan fingerprint density at radius 1 is 1.56 bits per heavy atom. The number of nitrogens with two attached hydrogens (primary N) is 1. The number of carbonyl (C=O) groups is 1. The minimum atomic E-state index is 0.135. The molecule has 0 bridgehead atoms. The summed E-state index contributed by atoms with van der Waals surface area (Å²) < 4.78 is 1.89. The third-order valence-corrected chi connectivity index (χ3v) is 3.56. The third kappa shape index (κ3) is 2.19. The number of nitrogens with zero attached hydrogens (tertiary/aromatic N) is 2. The van der Waals surface area contributed by atoms with Crippen molar-refractivity contribution in [2.24, 2.45) is 5.92 Å². The van der Waals surface area contributed by atoms with Gasteiger partial charge in [0.25, 0.3) is 0 Å². The van der Waals surface area contributed by atoms with Crippen LogP contribution >= 0.6 is 0 Å². The van der Waals surface area contributed by atoms with Crippen molar-refractivity contribution >= 4 is 11.7 Å². The Balaban J connectivity index is 2.01. The highest BCUT2D eigenvalue weighted by Gasteiger charge is 2.29. The van der Waals surface area contributed by atoms with E-state index in [0.29, 0.717) is 24.5 Å². The van der Waals surface area contributed by atoms with E-state index in [9.17, 15) is 4.79 Å². The van der Waals surface area contributed by atoms with E-state index in [-0.39, 0.29) is 11.8 Å². The highest BCUT2D eigenvalue weighted by atomic mass is 16.2. The van der Waals surface area contributed by atoms with Crippen LogP contribution in [0.25, 0.3) is 0 Å². The van der Waals surface area contributed by atoms with Gasteiger partial charge in [-0.1, -0.05) is 0 Å². The number of nitrogen functional groups attached to an aromatic ring is 1. The molecule has 1 heterocycles. The van der Waals surface area contributed by atoms with Crippen LogP contribution in [0, 0.1) is 31.1 Å². The lowest BCUT2D eigenvalue weighted by Crippen LogP contribution is -2.28. The van der Waals surface area contributed by atoms with Gasteiger partial charge in [-0.05, 0) is 32.3 Å². The average Bonchev–Trinajstić information content (AvgIpc) is 3.15. The highest BCUT2D eigenvalue weighted by molar-refractivity contribution is 5.80. The second-order valence-electron chi connectivity index (χ2n) is 4.80. The Hall–Kier alpha value is -1.96. The van der Waals surface area contributed by atoms with Gasteiger partial charge in [0.05, 0.1) is 5.56 Å². The number of rotatable bonds is 4. The molecule has 0 saturated heterocycles. The second-order valence-corrected chi connectivity index (χ2v) is 4.80. The normalized spacial score (nSPS) is 14.3. The number of hydrogen-bond donors (Lipinski definition) is 2. The van der Waals surface area contributed by atoms with Crippen LogP contribution in [0.3, 0.4) is 0 Å². The van der Waals surface area contributed by atoms with Crippen molar-refractivity contribution in [3.63, 3.8) is 0 Å². The van der Waals surface area contributed by atoms with Crippen LogP contribution in [0.5, 0.6) is 0 Å². The summed E-state index contributed by atoms with van der Waals surface area (Å²) in [6.07, 6.45) is 2.02. The predicted octanol–water partition coefficient (Wildman–Crippen LogP) is 1.09. The van der Waals surface area contributed by atoms with E-state index in [1.165, 1.54) is 0 Å². The molecular formula is C13H18N4O. The predicted molar refractivity (Wildman–Crippen MR) is 68.8 cm³/mol. The maximum absolute atomic E-state index is 11.5. The summed E-state index contributed by atoms with van der Waals surface area (Å²) in [4.78, 5) is 11.5. The van der Waals surface area contributed by atoms with E-state index in [4.69, 9.17) is 11.0 Å². The van der Waals surface area contributed by atoms with Gasteiger partial charge in [0, 0.05) is 24.7 Å². The molecule has 96 valence electrons. The Morgan fingerprint density at radius 2 is 2.22 bits per heavy atom. The Morgan fingerprint density at radius 3 is 2.72 bits per heavy atom. The molecule has 0 atom stereocenters. The summed E-state index contributed by atoms with van der Waals surface area (Å²) in [6, 6.07) is 2.12. The van der Waals surface area contributed by atoms with Gasteiger partial charge in [-0.15, -0.1) is 0 Å². The van der Waals surface area contributed by atoms with Gasteiger partial charge >= 0.3 is 0 Å². The Bertz CT molecular complexity index is 520. The first-order valence-electron chi connectivity index (χ1n) is 6.19. The van der Waals surface area contributed by atoms with Crippen molar-refractivity contribution < 1.29 is 4.79 Å². The summed E-state index contributed by atoms with van der Waals surface area (Å²) in [5, 5.41) is 11.9. The largest absolute Gasteiger partial charge is 0.384 e. The quantitative estimate of drug-likeness (QED) is 0.834. The molecule has 1 aromatic heterocycles. The summed E-state index contributed by atoms with van der Waals surface area (Å²) in [7, 11) is 0. The van der Waals surface area contributed by atoms with Crippen molar-refractivity contribution in [2.75, 3.05) is 12.3 Å². The van der Waals surface area contributed by atoms with Gasteiger partial charge in [-0.3, -0.25) is 4.79 Å². The fraction of sp³-hybridized carbons (Fsp3) is 0.538. The van der Waals surface area contributed by atoms with Gasteiger partial charge in [0.1, 0.15) is 11.9 Å². The highest BCUT2D eigenvalue weighted by Crippen LogP contribution is 2.28. The van der Waals surface area contributed by atoms with Gasteiger partial charge in [0.2, 0.25) is 5.91 Å². The minimum Gasteiger partial charge on any atom is -0.384 e. The van der Waals surface area contributed by atoms with Gasteiger partial charge in [0.15, 0.2) is 0 Å². The number of carbonyl (C=O) groups excluding carboxylic acids is 1. The molecule has 1 fully saturated rings. The maximum Gasteiger partial charge on any atom is 0.223 e. The monoisotopic (exact) mass is 246 g/mol. The lowest BCUT2D eigenvalue weighted by Gasteiger charge is -2.10. The van der Waals surface area contributed by atoms with E-state index < -0.39 is 0 Å². The third-order valence-electron chi connectivity index (χ3n) is 3.56. The lowest BCUT2D eigenvalue weighted by molar-refractivity contribution is -0.122. The second kappa shape index (κ2) is 4.73. The van der Waals surface area contributed by atoms with Crippen LogP contribution < -0.4 is 11.1 Å². The summed E-state index contributed by atoms with van der Waals surface area (Å²) in [5.74, 6) is 0.855. The first-order valence-corrected chi connectivity index (χ1v) is 6.19. The standard InChI is InChI=1S/C13H18N4O/c1-8-9(2)17(12(15)11(8)7-14)6-5-16-13(18)10-3-4-10/h10H,3-6,15H2,1-2H3,(H,16,18). The van der Waals surface area contributed by atoms with E-state index in [0.717, 1.165) is 24.1 Å². The smallest absolute Gasteiger partial charge is 0.223 e. The Labute approximate surface area is 107 Å². The molecule has 2 rings (SSSR count). The van der Waals surface area contributed by atoms with Crippen LogP contribution in [0.1, 0.15) is 29.7 Å². The van der Waals surface area contributed by atoms with Crippen LogP contribution in [0.4, 0.5) is 5.82 Å². The molecule has 0 aliphatic heterocycles. The van der Waals surface area contributed by atoms with E-state index >= 15 is 0 Å². The zero-order valence-electron chi connectivity index (χ0n) is 10.8. The molecule has 3 N–H and O–H groups in total. The molecule has 1 aliphatic rings. The molecule has 0 unspecified atom stereocenters. The molecule has 18 heavy (non-hydrogen) atoms. The van der Waals surface area contributed by atoms with Gasteiger partial charge < -0.3 is 15.6 Å². The van der Waals surface area contributed by atoms with Gasteiger partial charge in [-0.2, -0.15) is 5.26 Å². The number of nitrogens with one attached hydrogen (secondary N) is 1. The van der Waals surface area contributed by atoms with Crippen LogP contribution in [-0.2, 0) is 11.3 Å². The molecular weight excluding hydrogens is 228 g/mol.